The van der Waals surface area contributed by atoms with Gasteiger partial charge in [-0.25, -0.2) is 10.4 Å². The Labute approximate surface area is 165 Å². The maximum Gasteiger partial charge on any atom is 0.272 e. The predicted octanol–water partition coefficient (Wildman–Crippen LogP) is 0.268. The Bertz CT molecular complexity index is 1110. The van der Waals surface area contributed by atoms with Gasteiger partial charge in [0.2, 0.25) is 0 Å². The van der Waals surface area contributed by atoms with Gasteiger partial charge in [0.05, 0.1) is 28.5 Å². The van der Waals surface area contributed by atoms with Crippen molar-refractivity contribution in [2.24, 2.45) is 5.10 Å². The Balaban J connectivity index is 1.97. The molecule has 0 radical (unpaired) electrons. The van der Waals surface area contributed by atoms with E-state index in [0.29, 0.717) is 16.6 Å². The third kappa shape index (κ3) is 4.81. The number of carbonyl (C=O) groups excluding carboxylic acids is 3. The standard InChI is InChI=1S/C21H17N3O5/c25-19(26)11-10-17(21(28)29)23-24-20(27)15-12-18(13-6-2-1-3-7-13)22-16-9-5-4-8-14(15)16/h1-9,12H,10-11H2,(H,24,27)(H,25,26)(H,28,29)/p-2/b23-17+. The summed E-state index contributed by atoms with van der Waals surface area (Å²) in [6, 6.07) is 17.9. The van der Waals surface area contributed by atoms with Crippen molar-refractivity contribution in [3.8, 4) is 11.3 Å². The molecule has 0 aliphatic carbocycles. The van der Waals surface area contributed by atoms with Crippen molar-refractivity contribution in [2.75, 3.05) is 0 Å². The van der Waals surface area contributed by atoms with Gasteiger partial charge in [0.15, 0.2) is 0 Å². The second-order valence-electron chi connectivity index (χ2n) is 6.10. The lowest BCUT2D eigenvalue weighted by Crippen LogP contribution is -2.35. The third-order valence-electron chi connectivity index (χ3n) is 4.12. The molecule has 0 saturated carbocycles. The molecule has 8 nitrogen and oxygen atoms in total. The maximum atomic E-state index is 12.7. The second-order valence-corrected chi connectivity index (χ2v) is 6.10. The molecule has 3 rings (SSSR count). The molecule has 8 heteroatoms. The zero-order valence-electron chi connectivity index (χ0n) is 15.1. The molecular formula is C21H15N3O5-2. The lowest BCUT2D eigenvalue weighted by atomic mass is 10.0. The van der Waals surface area contributed by atoms with Crippen molar-refractivity contribution in [3.63, 3.8) is 0 Å². The van der Waals surface area contributed by atoms with Gasteiger partial charge < -0.3 is 19.8 Å². The molecule has 1 heterocycles. The van der Waals surface area contributed by atoms with Gasteiger partial charge >= 0.3 is 0 Å². The number of aromatic nitrogens is 1. The number of hydrogen-bond donors (Lipinski definition) is 1. The summed E-state index contributed by atoms with van der Waals surface area (Å²) in [6.45, 7) is 0. The van der Waals surface area contributed by atoms with Crippen molar-refractivity contribution in [1.29, 1.82) is 0 Å². The lowest BCUT2D eigenvalue weighted by Gasteiger charge is -2.11. The van der Waals surface area contributed by atoms with Gasteiger partial charge in [-0.15, -0.1) is 0 Å². The Morgan fingerprint density at radius 1 is 0.931 bits per heavy atom. The minimum absolute atomic E-state index is 0.246. The number of carbonyl (C=O) groups is 3. The smallest absolute Gasteiger partial charge is 0.272 e. The van der Waals surface area contributed by atoms with Crippen LogP contribution in [0.25, 0.3) is 22.2 Å². The van der Waals surface area contributed by atoms with Gasteiger partial charge in [-0.2, -0.15) is 5.10 Å². The van der Waals surface area contributed by atoms with Gasteiger partial charge in [0.25, 0.3) is 5.91 Å². The highest BCUT2D eigenvalue weighted by Crippen LogP contribution is 2.24. The third-order valence-corrected chi connectivity index (χ3v) is 4.12. The minimum atomic E-state index is -1.67. The second kappa shape index (κ2) is 8.75. The summed E-state index contributed by atoms with van der Waals surface area (Å²) >= 11 is 0. The fourth-order valence-electron chi connectivity index (χ4n) is 2.72. The van der Waals surface area contributed by atoms with Crippen LogP contribution in [-0.2, 0) is 9.59 Å². The molecule has 0 saturated heterocycles. The fourth-order valence-corrected chi connectivity index (χ4v) is 2.72. The molecular weight excluding hydrogens is 374 g/mol. The molecule has 0 aliphatic heterocycles. The number of pyridine rings is 1. The average molecular weight is 389 g/mol. The monoisotopic (exact) mass is 389 g/mol. The van der Waals surface area contributed by atoms with E-state index in [9.17, 15) is 24.6 Å². The summed E-state index contributed by atoms with van der Waals surface area (Å²) in [5.41, 5.74) is 3.77. The van der Waals surface area contributed by atoms with Crippen molar-refractivity contribution in [1.82, 2.24) is 10.4 Å². The van der Waals surface area contributed by atoms with E-state index in [0.717, 1.165) is 5.56 Å². The SMILES string of the molecule is O=C([O-])CC/C(=N\NC(=O)c1cc(-c2ccccc2)nc2ccccc12)C(=O)[O-]. The van der Waals surface area contributed by atoms with Crippen molar-refractivity contribution < 1.29 is 24.6 Å². The summed E-state index contributed by atoms with van der Waals surface area (Å²) in [5, 5.41) is 25.7. The molecule has 0 bridgehead atoms. The minimum Gasteiger partial charge on any atom is -0.550 e. The van der Waals surface area contributed by atoms with Crippen LogP contribution in [0.4, 0.5) is 0 Å². The number of aliphatic carboxylic acids is 2. The largest absolute Gasteiger partial charge is 0.550 e. The number of rotatable bonds is 7. The van der Waals surface area contributed by atoms with Crippen molar-refractivity contribution >= 4 is 34.5 Å². The number of nitrogens with zero attached hydrogens (tertiary/aromatic N) is 2. The van der Waals surface area contributed by atoms with Crippen molar-refractivity contribution in [3.05, 3.63) is 66.2 Å². The first-order chi connectivity index (χ1) is 14.0. The molecule has 1 amide bonds. The number of carboxylic acid groups (broad SMARTS) is 2. The summed E-state index contributed by atoms with van der Waals surface area (Å²) in [6.07, 6.45) is -0.990. The number of fused-ring (bicyclic) bond motifs is 1. The first-order valence-electron chi connectivity index (χ1n) is 8.69. The van der Waals surface area contributed by atoms with Crippen LogP contribution >= 0.6 is 0 Å². The zero-order valence-corrected chi connectivity index (χ0v) is 15.1. The van der Waals surface area contributed by atoms with E-state index in [1.54, 1.807) is 30.3 Å². The Kier molecular flexibility index (Phi) is 5.94. The molecule has 0 spiro atoms. The van der Waals surface area contributed by atoms with Crippen LogP contribution < -0.4 is 15.6 Å². The van der Waals surface area contributed by atoms with E-state index in [4.69, 9.17) is 0 Å². The van der Waals surface area contributed by atoms with Crippen LogP contribution in [0, 0.1) is 0 Å². The van der Waals surface area contributed by atoms with E-state index in [1.807, 2.05) is 30.3 Å². The van der Waals surface area contributed by atoms with Gasteiger partial charge in [0, 0.05) is 16.9 Å². The molecule has 146 valence electrons. The van der Waals surface area contributed by atoms with Gasteiger partial charge in [-0.3, -0.25) is 4.79 Å². The van der Waals surface area contributed by atoms with Crippen LogP contribution in [0.3, 0.4) is 0 Å². The summed E-state index contributed by atoms with van der Waals surface area (Å²) in [4.78, 5) is 38.9. The Morgan fingerprint density at radius 2 is 1.62 bits per heavy atom. The number of amides is 1. The quantitative estimate of drug-likeness (QED) is 0.455. The Hall–Kier alpha value is -4.07. The summed E-state index contributed by atoms with van der Waals surface area (Å²) in [7, 11) is 0. The number of hydrazone groups is 1. The topological polar surface area (TPSA) is 135 Å². The first kappa shape index (κ1) is 19.7. The zero-order chi connectivity index (χ0) is 20.8. The van der Waals surface area contributed by atoms with E-state index in [-0.39, 0.29) is 5.56 Å². The summed E-state index contributed by atoms with van der Waals surface area (Å²) in [5.74, 6) is -3.76. The number of carboxylic acids is 2. The average Bonchev–Trinajstić information content (AvgIpc) is 2.72. The number of para-hydroxylation sites is 1. The fraction of sp³-hybridized carbons (Fsp3) is 0.0952. The molecule has 0 atom stereocenters. The predicted molar refractivity (Wildman–Crippen MR) is 101 cm³/mol. The van der Waals surface area contributed by atoms with E-state index in [1.165, 1.54) is 0 Å². The lowest BCUT2D eigenvalue weighted by molar-refractivity contribution is -0.305. The molecule has 0 fully saturated rings. The first-order valence-corrected chi connectivity index (χ1v) is 8.69. The van der Waals surface area contributed by atoms with Crippen LogP contribution in [0.2, 0.25) is 0 Å². The van der Waals surface area contributed by atoms with E-state index < -0.39 is 36.4 Å². The molecule has 2 aromatic carbocycles. The van der Waals surface area contributed by atoms with Crippen LogP contribution in [0.5, 0.6) is 0 Å². The number of nitrogens with one attached hydrogen (secondary N) is 1. The number of benzene rings is 2. The maximum absolute atomic E-state index is 12.7. The van der Waals surface area contributed by atoms with Gasteiger partial charge in [-0.05, 0) is 25.0 Å². The normalized spacial score (nSPS) is 11.2. The molecule has 0 aliphatic rings. The van der Waals surface area contributed by atoms with Gasteiger partial charge in [0.1, 0.15) is 0 Å². The molecule has 0 unspecified atom stereocenters. The van der Waals surface area contributed by atoms with E-state index >= 15 is 0 Å². The van der Waals surface area contributed by atoms with Crippen LogP contribution in [-0.4, -0.2) is 28.5 Å². The molecule has 3 aromatic rings. The highest BCUT2D eigenvalue weighted by molar-refractivity contribution is 6.35. The Morgan fingerprint density at radius 3 is 2.31 bits per heavy atom. The molecule has 1 aromatic heterocycles. The van der Waals surface area contributed by atoms with Crippen LogP contribution in [0.1, 0.15) is 23.2 Å². The highest BCUT2D eigenvalue weighted by Gasteiger charge is 2.14. The summed E-state index contributed by atoms with van der Waals surface area (Å²) < 4.78 is 0. The molecule has 1 N–H and O–H groups in total. The van der Waals surface area contributed by atoms with E-state index in [2.05, 4.69) is 15.5 Å². The van der Waals surface area contributed by atoms with Gasteiger partial charge in [-0.1, -0.05) is 48.5 Å². The van der Waals surface area contributed by atoms with Crippen molar-refractivity contribution in [2.45, 2.75) is 12.8 Å². The highest BCUT2D eigenvalue weighted by atomic mass is 16.4. The van der Waals surface area contributed by atoms with Crippen LogP contribution in [0.15, 0.2) is 65.8 Å². The number of hydrogen-bond acceptors (Lipinski definition) is 7. The molecule has 29 heavy (non-hydrogen) atoms.